The molecule has 0 bridgehead atoms. The maximum Gasteiger partial charge on any atom is 0.416 e. The molecule has 20 nitrogen and oxygen atoms in total. The van der Waals surface area contributed by atoms with Gasteiger partial charge >= 0.3 is 30.3 Å². The number of methoxy groups -OCH3 is 4. The Morgan fingerprint density at radius 2 is 0.939 bits per heavy atom. The first kappa shape index (κ1) is 76.2. The van der Waals surface area contributed by atoms with Crippen LogP contribution in [0.3, 0.4) is 0 Å². The minimum atomic E-state index is -4.72. The van der Waals surface area contributed by atoms with Crippen LogP contribution in [0.1, 0.15) is 124 Å². The molecule has 0 unspecified atom stereocenters. The molecule has 7 rings (SSSR count). The van der Waals surface area contributed by atoms with Gasteiger partial charge in [-0.3, -0.25) is 28.8 Å². The summed E-state index contributed by atoms with van der Waals surface area (Å²) in [5, 5.41) is 24.2. The molecule has 522 valence electrons. The number of hydrogen-bond donors (Lipinski definition) is 4. The van der Waals surface area contributed by atoms with Crippen LogP contribution in [0.5, 0.6) is 40.2 Å². The van der Waals surface area contributed by atoms with E-state index in [2.05, 4.69) is 17.6 Å². The number of phenolic OH excluding ortho intramolecular Hbond substituents is 1. The van der Waals surface area contributed by atoms with Crippen molar-refractivity contribution >= 4 is 52.9 Å². The number of halogens is 6. The standard InChI is InChI=1S/C41H43F3N2O9.C31H33F3N2O7/c1-4-5-6-7-8-21-54-31-17-11-28(12-18-31)40(51)55-32-15-9-27(10-16-32)25-46(26-38(48)49)39(50)34-20-14-30(23-36(34)53-3)45-37(47)22-29-13-19-33(52-2)24-35(29)41(42,43)44;1-30(2,3)43-28(39)18-36(17-19-6-10-22(37)11-7-19)29(40)24-13-9-21(15-26(24)42-5)35-27(38)14-20-8-12-23(41-4)16-25(20)31(32,33)34/h9-20,23-24H,4-8,21-22,25-26H2,1-3H3,(H,45,47)(H,48,49);6-13,15-16,37H,14,17-18H2,1-5H3,(H,35,38). The predicted octanol–water partition coefficient (Wildman–Crippen LogP) is 13.8. The van der Waals surface area contributed by atoms with Crippen LogP contribution in [-0.2, 0) is 62.2 Å². The summed E-state index contributed by atoms with van der Waals surface area (Å²) in [6.45, 7) is 6.68. The number of hydrogen-bond acceptors (Lipinski definition) is 15. The zero-order chi connectivity index (χ0) is 71.9. The van der Waals surface area contributed by atoms with Crippen LogP contribution >= 0.6 is 0 Å². The molecule has 4 N–H and O–H groups in total. The lowest BCUT2D eigenvalue weighted by Gasteiger charge is -2.26. The first-order valence-corrected chi connectivity index (χ1v) is 30.7. The van der Waals surface area contributed by atoms with Crippen molar-refractivity contribution in [2.24, 2.45) is 0 Å². The van der Waals surface area contributed by atoms with Gasteiger partial charge in [0.1, 0.15) is 58.9 Å². The average Bonchev–Trinajstić information content (AvgIpc) is 0.827. The van der Waals surface area contributed by atoms with Gasteiger partial charge in [0, 0.05) is 36.6 Å². The highest BCUT2D eigenvalue weighted by atomic mass is 19.4. The average molecular weight is 1370 g/mol. The van der Waals surface area contributed by atoms with E-state index >= 15 is 0 Å². The minimum Gasteiger partial charge on any atom is -0.508 e. The molecule has 7 aromatic carbocycles. The number of carboxylic acids is 1. The van der Waals surface area contributed by atoms with Crippen molar-refractivity contribution in [3.63, 3.8) is 0 Å². The number of anilines is 2. The maximum absolute atomic E-state index is 13.6. The topological polar surface area (TPSA) is 255 Å². The summed E-state index contributed by atoms with van der Waals surface area (Å²) in [5.74, 6) is -4.30. The molecule has 0 heterocycles. The molecule has 0 aromatic heterocycles. The third-order valence-corrected chi connectivity index (χ3v) is 14.4. The zero-order valence-corrected chi connectivity index (χ0v) is 55.1. The third kappa shape index (κ3) is 23.5. The number of carbonyl (C=O) groups is 7. The highest BCUT2D eigenvalue weighted by Crippen LogP contribution is 2.37. The summed E-state index contributed by atoms with van der Waals surface area (Å²) < 4.78 is 119. The first-order valence-electron chi connectivity index (χ1n) is 30.7. The van der Waals surface area contributed by atoms with Gasteiger partial charge in [-0.05, 0) is 147 Å². The van der Waals surface area contributed by atoms with E-state index in [-0.39, 0.29) is 87.8 Å². The maximum atomic E-state index is 13.6. The molecule has 98 heavy (non-hydrogen) atoms. The fourth-order valence-electron chi connectivity index (χ4n) is 9.74. The van der Waals surface area contributed by atoms with E-state index in [1.165, 1.54) is 131 Å². The van der Waals surface area contributed by atoms with Crippen LogP contribution in [-0.4, -0.2) is 115 Å². The van der Waals surface area contributed by atoms with E-state index in [4.69, 9.17) is 33.2 Å². The molecule has 0 atom stereocenters. The second kappa shape index (κ2) is 35.3. The van der Waals surface area contributed by atoms with Gasteiger partial charge < -0.3 is 63.8 Å². The number of carboxylic acid groups (broad SMARTS) is 1. The highest BCUT2D eigenvalue weighted by molar-refractivity contribution is 6.01. The molecule has 0 aliphatic heterocycles. The molecule has 7 aromatic rings. The van der Waals surface area contributed by atoms with Crippen molar-refractivity contribution in [3.05, 3.63) is 196 Å². The van der Waals surface area contributed by atoms with Crippen molar-refractivity contribution in [2.75, 3.05) is 58.8 Å². The molecule has 0 saturated carbocycles. The first-order chi connectivity index (χ1) is 46.4. The second-order valence-corrected chi connectivity index (χ2v) is 23.1. The molecule has 0 saturated heterocycles. The summed E-state index contributed by atoms with van der Waals surface area (Å²) in [6.07, 6.45) is -4.97. The Morgan fingerprint density at radius 3 is 1.37 bits per heavy atom. The third-order valence-electron chi connectivity index (χ3n) is 14.4. The van der Waals surface area contributed by atoms with Crippen molar-refractivity contribution in [3.8, 4) is 40.2 Å². The SMILES string of the molecule is CCCCCCCOc1ccc(C(=O)Oc2ccc(CN(CC(=O)O)C(=O)c3ccc(NC(=O)Cc4ccc(OC)cc4C(F)(F)F)cc3OC)cc2)cc1.COc1ccc(CC(=O)Nc2ccc(C(=O)N(CC(=O)OC(C)(C)C)Cc3ccc(O)cc3)c(OC)c2)c(C(F)(F)F)c1. The van der Waals surface area contributed by atoms with Gasteiger partial charge in [0.25, 0.3) is 11.8 Å². The van der Waals surface area contributed by atoms with Crippen molar-refractivity contribution < 1.29 is 103 Å². The number of unbranched alkanes of at least 4 members (excludes halogenated alkanes) is 4. The van der Waals surface area contributed by atoms with E-state index < -0.39 is 90.0 Å². The number of nitrogens with zero attached hydrogens (tertiary/aromatic N) is 2. The van der Waals surface area contributed by atoms with E-state index in [9.17, 15) is 70.1 Å². The Morgan fingerprint density at radius 1 is 0.500 bits per heavy atom. The Balaban J connectivity index is 0.000000319. The highest BCUT2D eigenvalue weighted by Gasteiger charge is 2.36. The van der Waals surface area contributed by atoms with Crippen molar-refractivity contribution in [1.82, 2.24) is 9.80 Å². The number of nitrogens with one attached hydrogen (secondary N) is 2. The predicted molar refractivity (Wildman–Crippen MR) is 350 cm³/mol. The number of phenols is 1. The molecular weight excluding hydrogens is 1290 g/mol. The fraction of sp³-hybridized carbons (Fsp3) is 0.319. The Labute approximate surface area is 562 Å². The van der Waals surface area contributed by atoms with Gasteiger partial charge in [0.05, 0.1) is 75.7 Å². The van der Waals surface area contributed by atoms with Crippen LogP contribution in [0.4, 0.5) is 37.7 Å². The molecule has 4 amide bonds. The number of ether oxygens (including phenoxy) is 7. The lowest BCUT2D eigenvalue weighted by molar-refractivity contribution is -0.155. The van der Waals surface area contributed by atoms with Crippen LogP contribution in [0.25, 0.3) is 0 Å². The van der Waals surface area contributed by atoms with Gasteiger partial charge in [-0.2, -0.15) is 26.3 Å². The molecule has 26 heteroatoms. The normalized spacial score (nSPS) is 11.2. The number of amides is 4. The summed E-state index contributed by atoms with van der Waals surface area (Å²) >= 11 is 0. The smallest absolute Gasteiger partial charge is 0.416 e. The van der Waals surface area contributed by atoms with Gasteiger partial charge in [-0.15, -0.1) is 0 Å². The lowest BCUT2D eigenvalue weighted by Crippen LogP contribution is -2.38. The quantitative estimate of drug-likeness (QED) is 0.0147. The summed E-state index contributed by atoms with van der Waals surface area (Å²) in [6, 6.07) is 33.7. The number of benzene rings is 7. The molecular formula is C72H76F6N4O16. The Hall–Kier alpha value is -10.8. The van der Waals surface area contributed by atoms with E-state index in [1.54, 1.807) is 69.3 Å². The van der Waals surface area contributed by atoms with Gasteiger partial charge in [0.15, 0.2) is 0 Å². The summed E-state index contributed by atoms with van der Waals surface area (Å²) in [4.78, 5) is 92.2. The van der Waals surface area contributed by atoms with E-state index in [1.807, 2.05) is 0 Å². The summed E-state index contributed by atoms with van der Waals surface area (Å²) in [5.41, 5.74) is -1.44. The monoisotopic (exact) mass is 1370 g/mol. The number of rotatable bonds is 29. The molecule has 0 radical (unpaired) electrons. The molecule has 0 aliphatic rings. The zero-order valence-electron chi connectivity index (χ0n) is 55.1. The van der Waals surface area contributed by atoms with Gasteiger partial charge in [0.2, 0.25) is 11.8 Å². The summed E-state index contributed by atoms with van der Waals surface area (Å²) in [7, 11) is 5.05. The van der Waals surface area contributed by atoms with Crippen LogP contribution in [0.15, 0.2) is 146 Å². The van der Waals surface area contributed by atoms with Gasteiger partial charge in [-0.1, -0.05) is 69.0 Å². The van der Waals surface area contributed by atoms with Crippen molar-refractivity contribution in [1.29, 1.82) is 0 Å². The van der Waals surface area contributed by atoms with Gasteiger partial charge in [-0.25, -0.2) is 4.79 Å². The number of alkyl halides is 6. The number of esters is 2. The largest absolute Gasteiger partial charge is 0.508 e. The minimum absolute atomic E-state index is 0.00337. The van der Waals surface area contributed by atoms with Crippen LogP contribution < -0.4 is 39.1 Å². The fourth-order valence-corrected chi connectivity index (χ4v) is 9.74. The Bertz CT molecular complexity index is 3890. The number of carbonyl (C=O) groups excluding carboxylic acids is 6. The number of aromatic hydroxyl groups is 1. The number of aliphatic carboxylic acids is 1. The molecule has 0 spiro atoms. The Kier molecular flexibility index (Phi) is 27.4. The molecule has 0 fully saturated rings. The van der Waals surface area contributed by atoms with E-state index in [0.717, 1.165) is 35.9 Å². The molecule has 0 aliphatic carbocycles. The second-order valence-electron chi connectivity index (χ2n) is 23.1. The van der Waals surface area contributed by atoms with Crippen molar-refractivity contribution in [2.45, 2.75) is 104 Å². The van der Waals surface area contributed by atoms with E-state index in [0.29, 0.717) is 29.0 Å². The van der Waals surface area contributed by atoms with Crippen LogP contribution in [0.2, 0.25) is 0 Å². The lowest BCUT2D eigenvalue weighted by atomic mass is 10.0. The van der Waals surface area contributed by atoms with Crippen LogP contribution in [0, 0.1) is 0 Å².